The summed E-state index contributed by atoms with van der Waals surface area (Å²) in [6.45, 7) is 0. The lowest BCUT2D eigenvalue weighted by atomic mass is 9.93. The van der Waals surface area contributed by atoms with E-state index < -0.39 is 11.4 Å². The molecule has 0 spiro atoms. The Balaban J connectivity index is 1.60. The first-order valence-corrected chi connectivity index (χ1v) is 8.70. The van der Waals surface area contributed by atoms with Crippen LogP contribution in [0.3, 0.4) is 0 Å². The van der Waals surface area contributed by atoms with Gasteiger partial charge in [-0.1, -0.05) is 48.5 Å². The summed E-state index contributed by atoms with van der Waals surface area (Å²) in [7, 11) is 3.80. The standard InChI is InChI=1S/C21H21N3O2/c1-22-19-18(13-23-24(19)2)16-5-3-14(4-6-16)15-7-9-17(10-8-15)21(11-12-21)20(25)26/h3-10,13,22H,11-12H2,1-2H3,(H,25,26). The Morgan fingerprint density at radius 1 is 1.04 bits per heavy atom. The van der Waals surface area contributed by atoms with Crippen molar-refractivity contribution in [2.24, 2.45) is 7.05 Å². The highest BCUT2D eigenvalue weighted by Gasteiger charge is 2.51. The molecule has 0 radical (unpaired) electrons. The number of hydrogen-bond donors (Lipinski definition) is 2. The molecule has 3 aromatic rings. The lowest BCUT2D eigenvalue weighted by Gasteiger charge is -2.11. The number of anilines is 1. The average molecular weight is 347 g/mol. The number of rotatable bonds is 5. The third-order valence-electron chi connectivity index (χ3n) is 5.30. The van der Waals surface area contributed by atoms with E-state index in [-0.39, 0.29) is 0 Å². The van der Waals surface area contributed by atoms with E-state index in [1.807, 2.05) is 49.2 Å². The number of benzene rings is 2. The molecule has 26 heavy (non-hydrogen) atoms. The van der Waals surface area contributed by atoms with E-state index in [1.54, 1.807) is 0 Å². The van der Waals surface area contributed by atoms with Crippen molar-refractivity contribution in [1.82, 2.24) is 9.78 Å². The van der Waals surface area contributed by atoms with E-state index in [9.17, 15) is 9.90 Å². The molecule has 2 N–H and O–H groups in total. The molecule has 0 saturated heterocycles. The molecule has 0 unspecified atom stereocenters. The highest BCUT2D eigenvalue weighted by atomic mass is 16.4. The van der Waals surface area contributed by atoms with Crippen LogP contribution in [0.15, 0.2) is 54.7 Å². The predicted octanol–water partition coefficient (Wildman–Crippen LogP) is 3.91. The van der Waals surface area contributed by atoms with Gasteiger partial charge in [0.1, 0.15) is 5.82 Å². The first-order valence-electron chi connectivity index (χ1n) is 8.70. The van der Waals surface area contributed by atoms with Gasteiger partial charge < -0.3 is 10.4 Å². The maximum absolute atomic E-state index is 11.5. The summed E-state index contributed by atoms with van der Waals surface area (Å²) in [6, 6.07) is 16.3. The fourth-order valence-corrected chi connectivity index (χ4v) is 3.52. The highest BCUT2D eigenvalue weighted by Crippen LogP contribution is 2.48. The molecular weight excluding hydrogens is 326 g/mol. The molecule has 1 aliphatic rings. The summed E-state index contributed by atoms with van der Waals surface area (Å²) in [4.78, 5) is 11.5. The lowest BCUT2D eigenvalue weighted by molar-refractivity contribution is -0.140. The summed E-state index contributed by atoms with van der Waals surface area (Å²) in [5, 5.41) is 16.9. The lowest BCUT2D eigenvalue weighted by Crippen LogP contribution is -2.19. The van der Waals surface area contributed by atoms with Gasteiger partial charge in [0.15, 0.2) is 0 Å². The summed E-state index contributed by atoms with van der Waals surface area (Å²) >= 11 is 0. The van der Waals surface area contributed by atoms with Crippen LogP contribution < -0.4 is 5.32 Å². The van der Waals surface area contributed by atoms with Crippen LogP contribution in [-0.2, 0) is 17.3 Å². The van der Waals surface area contributed by atoms with Gasteiger partial charge in [0, 0.05) is 19.7 Å². The van der Waals surface area contributed by atoms with Gasteiger partial charge >= 0.3 is 5.97 Å². The normalized spacial score (nSPS) is 14.8. The summed E-state index contributed by atoms with van der Waals surface area (Å²) in [5.41, 5.74) is 4.61. The van der Waals surface area contributed by atoms with Crippen LogP contribution in [0.5, 0.6) is 0 Å². The molecule has 4 rings (SSSR count). The van der Waals surface area contributed by atoms with E-state index >= 15 is 0 Å². The Morgan fingerprint density at radius 2 is 1.58 bits per heavy atom. The number of aliphatic carboxylic acids is 1. The second-order valence-electron chi connectivity index (χ2n) is 6.82. The molecule has 1 heterocycles. The van der Waals surface area contributed by atoms with Crippen molar-refractivity contribution >= 4 is 11.8 Å². The second kappa shape index (κ2) is 6.02. The number of aromatic nitrogens is 2. The van der Waals surface area contributed by atoms with Gasteiger partial charge in [-0.15, -0.1) is 0 Å². The van der Waals surface area contributed by atoms with Crippen molar-refractivity contribution in [2.45, 2.75) is 18.3 Å². The van der Waals surface area contributed by atoms with Crippen molar-refractivity contribution in [3.8, 4) is 22.3 Å². The summed E-state index contributed by atoms with van der Waals surface area (Å²) in [5.74, 6) is 0.261. The number of nitrogens with one attached hydrogen (secondary N) is 1. The van der Waals surface area contributed by atoms with E-state index in [2.05, 4.69) is 34.7 Å². The van der Waals surface area contributed by atoms with Crippen molar-refractivity contribution in [3.63, 3.8) is 0 Å². The SMILES string of the molecule is CNc1c(-c2ccc(-c3ccc(C4(C(=O)O)CC4)cc3)cc2)cnn1C. The Kier molecular flexibility index (Phi) is 3.80. The number of nitrogens with zero attached hydrogens (tertiary/aromatic N) is 2. The minimum atomic E-state index is -0.716. The molecule has 1 aromatic heterocycles. The maximum Gasteiger partial charge on any atom is 0.314 e. The molecule has 132 valence electrons. The molecular formula is C21H21N3O2. The molecule has 1 saturated carbocycles. The molecule has 5 heteroatoms. The third-order valence-corrected chi connectivity index (χ3v) is 5.30. The van der Waals surface area contributed by atoms with Crippen LogP contribution in [0.25, 0.3) is 22.3 Å². The predicted molar refractivity (Wildman–Crippen MR) is 102 cm³/mol. The summed E-state index contributed by atoms with van der Waals surface area (Å²) < 4.78 is 1.82. The topological polar surface area (TPSA) is 67.2 Å². The third kappa shape index (κ3) is 2.56. The van der Waals surface area contributed by atoms with Gasteiger partial charge in [0.05, 0.1) is 11.6 Å². The van der Waals surface area contributed by atoms with Crippen molar-refractivity contribution in [3.05, 3.63) is 60.3 Å². The van der Waals surface area contributed by atoms with Crippen LogP contribution >= 0.6 is 0 Å². The number of hydrogen-bond acceptors (Lipinski definition) is 3. The van der Waals surface area contributed by atoms with Gasteiger partial charge in [0.25, 0.3) is 0 Å². The van der Waals surface area contributed by atoms with E-state index in [1.165, 1.54) is 0 Å². The molecule has 0 atom stereocenters. The van der Waals surface area contributed by atoms with E-state index in [0.717, 1.165) is 46.5 Å². The first-order chi connectivity index (χ1) is 12.5. The number of carboxylic acid groups (broad SMARTS) is 1. The Labute approximate surface area is 152 Å². The molecule has 5 nitrogen and oxygen atoms in total. The molecule has 2 aromatic carbocycles. The van der Waals surface area contributed by atoms with Crippen LogP contribution in [0.2, 0.25) is 0 Å². The zero-order valence-corrected chi connectivity index (χ0v) is 14.9. The molecule has 0 aliphatic heterocycles. The fourth-order valence-electron chi connectivity index (χ4n) is 3.52. The molecule has 1 fully saturated rings. The smallest absolute Gasteiger partial charge is 0.314 e. The second-order valence-corrected chi connectivity index (χ2v) is 6.82. The summed E-state index contributed by atoms with van der Waals surface area (Å²) in [6.07, 6.45) is 3.32. The van der Waals surface area contributed by atoms with Gasteiger partial charge in [-0.25, -0.2) is 0 Å². The Morgan fingerprint density at radius 3 is 2.08 bits per heavy atom. The first kappa shape index (κ1) is 16.4. The van der Waals surface area contributed by atoms with Gasteiger partial charge in [-0.2, -0.15) is 5.10 Å². The Hall–Kier alpha value is -3.08. The van der Waals surface area contributed by atoms with Crippen LogP contribution in [0, 0.1) is 0 Å². The minimum absolute atomic E-state index is 0.647. The number of aryl methyl sites for hydroxylation is 1. The van der Waals surface area contributed by atoms with Gasteiger partial charge in [0.2, 0.25) is 0 Å². The van der Waals surface area contributed by atoms with Gasteiger partial charge in [-0.3, -0.25) is 9.48 Å². The molecule has 1 aliphatic carbocycles. The molecule has 0 amide bonds. The average Bonchev–Trinajstić information content (AvgIpc) is 3.40. The largest absolute Gasteiger partial charge is 0.481 e. The maximum atomic E-state index is 11.5. The van der Waals surface area contributed by atoms with Crippen LogP contribution in [0.4, 0.5) is 5.82 Å². The highest BCUT2D eigenvalue weighted by molar-refractivity contribution is 5.85. The van der Waals surface area contributed by atoms with Crippen LogP contribution in [0.1, 0.15) is 18.4 Å². The number of carbonyl (C=O) groups is 1. The van der Waals surface area contributed by atoms with E-state index in [4.69, 9.17) is 0 Å². The fraction of sp³-hybridized carbons (Fsp3) is 0.238. The van der Waals surface area contributed by atoms with Crippen molar-refractivity contribution < 1.29 is 9.90 Å². The monoisotopic (exact) mass is 347 g/mol. The van der Waals surface area contributed by atoms with Crippen molar-refractivity contribution in [1.29, 1.82) is 0 Å². The van der Waals surface area contributed by atoms with Crippen LogP contribution in [-0.4, -0.2) is 27.9 Å². The molecule has 0 bridgehead atoms. The zero-order valence-electron chi connectivity index (χ0n) is 14.9. The quantitative estimate of drug-likeness (QED) is 0.734. The minimum Gasteiger partial charge on any atom is -0.481 e. The number of carboxylic acids is 1. The van der Waals surface area contributed by atoms with Gasteiger partial charge in [-0.05, 0) is 35.1 Å². The van der Waals surface area contributed by atoms with Crippen molar-refractivity contribution in [2.75, 3.05) is 12.4 Å². The zero-order chi connectivity index (χ0) is 18.3. The van der Waals surface area contributed by atoms with E-state index in [0.29, 0.717) is 0 Å². The Bertz CT molecular complexity index is 952.